The van der Waals surface area contributed by atoms with Gasteiger partial charge in [-0.1, -0.05) is 18.2 Å². The van der Waals surface area contributed by atoms with Gasteiger partial charge in [-0.3, -0.25) is 0 Å². The van der Waals surface area contributed by atoms with Gasteiger partial charge in [0.25, 0.3) is 0 Å². The van der Waals surface area contributed by atoms with Crippen molar-refractivity contribution in [3.05, 3.63) is 42.2 Å². The molecule has 1 aromatic carbocycles. The molecule has 0 unspecified atom stereocenters. The van der Waals surface area contributed by atoms with Gasteiger partial charge < -0.3 is 9.31 Å². The highest BCUT2D eigenvalue weighted by Gasteiger charge is 2.52. The van der Waals surface area contributed by atoms with E-state index in [0.29, 0.717) is 12.0 Å². The van der Waals surface area contributed by atoms with Gasteiger partial charge in [-0.25, -0.2) is 4.39 Å². The lowest BCUT2D eigenvalue weighted by Crippen LogP contribution is -2.41. The Kier molecular flexibility index (Phi) is 3.58. The minimum atomic E-state index is -0.532. The molecule has 0 N–H and O–H groups in total. The minimum absolute atomic E-state index is 0.243. The molecule has 0 bridgehead atoms. The Labute approximate surface area is 114 Å². The Hall–Kier alpha value is -1.13. The van der Waals surface area contributed by atoms with Crippen LogP contribution in [0.2, 0.25) is 0 Å². The van der Waals surface area contributed by atoms with E-state index in [1.54, 1.807) is 12.1 Å². The van der Waals surface area contributed by atoms with E-state index in [0.717, 1.165) is 5.46 Å². The second-order valence-electron chi connectivity index (χ2n) is 5.89. The Morgan fingerprint density at radius 3 is 2.32 bits per heavy atom. The summed E-state index contributed by atoms with van der Waals surface area (Å²) in [5.74, 6) is -0.243. The normalized spacial score (nSPS) is 20.6. The Morgan fingerprint density at radius 2 is 1.79 bits per heavy atom. The fraction of sp³-hybridized carbons (Fsp3) is 0.467. The summed E-state index contributed by atoms with van der Waals surface area (Å²) >= 11 is 0. The van der Waals surface area contributed by atoms with Crippen molar-refractivity contribution < 1.29 is 13.7 Å². The van der Waals surface area contributed by atoms with Crippen molar-refractivity contribution >= 4 is 12.6 Å². The molecule has 1 saturated heterocycles. The van der Waals surface area contributed by atoms with Gasteiger partial charge in [0.1, 0.15) is 5.82 Å². The molecule has 1 aliphatic rings. The van der Waals surface area contributed by atoms with E-state index in [4.69, 9.17) is 9.31 Å². The number of hydrogen-bond donors (Lipinski definition) is 0. The minimum Gasteiger partial charge on any atom is -0.399 e. The van der Waals surface area contributed by atoms with E-state index in [1.807, 2.05) is 33.8 Å². The molecule has 1 aromatic rings. The zero-order valence-electron chi connectivity index (χ0n) is 12.0. The highest BCUT2D eigenvalue weighted by molar-refractivity contribution is 6.62. The van der Waals surface area contributed by atoms with Crippen molar-refractivity contribution in [1.82, 2.24) is 0 Å². The predicted octanol–water partition coefficient (Wildman–Crippen LogP) is 2.85. The first kappa shape index (κ1) is 14.3. The lowest BCUT2D eigenvalue weighted by Gasteiger charge is -2.32. The summed E-state index contributed by atoms with van der Waals surface area (Å²) in [5.41, 5.74) is 0.500. The van der Waals surface area contributed by atoms with Crippen LogP contribution in [0, 0.1) is 5.82 Å². The molecular weight excluding hydrogens is 242 g/mol. The third-order valence-corrected chi connectivity index (χ3v) is 4.01. The zero-order chi connectivity index (χ0) is 14.3. The maximum Gasteiger partial charge on any atom is 0.495 e. The Balaban J connectivity index is 2.39. The highest BCUT2D eigenvalue weighted by Crippen LogP contribution is 2.36. The van der Waals surface area contributed by atoms with Gasteiger partial charge in [0.05, 0.1) is 11.2 Å². The average Bonchev–Trinajstić information content (AvgIpc) is 2.51. The van der Waals surface area contributed by atoms with Crippen molar-refractivity contribution in [1.29, 1.82) is 0 Å². The van der Waals surface area contributed by atoms with Gasteiger partial charge in [0, 0.05) is 0 Å². The van der Waals surface area contributed by atoms with E-state index in [2.05, 4.69) is 6.58 Å². The third kappa shape index (κ3) is 2.47. The van der Waals surface area contributed by atoms with Crippen LogP contribution in [0.15, 0.2) is 30.9 Å². The molecule has 0 aliphatic carbocycles. The molecule has 1 aliphatic heterocycles. The molecule has 1 heterocycles. The number of hydrogen-bond acceptors (Lipinski definition) is 2. The standard InChI is InChI=1S/C15H20BFO2/c1-6-8-11-12(9-7-10-13(11)17)16-18-14(2,3)15(4,5)19-16/h6-7,9-10H,1,8H2,2-5H3. The van der Waals surface area contributed by atoms with Crippen LogP contribution in [0.3, 0.4) is 0 Å². The van der Waals surface area contributed by atoms with Crippen LogP contribution in [-0.4, -0.2) is 18.3 Å². The zero-order valence-corrected chi connectivity index (χ0v) is 12.0. The van der Waals surface area contributed by atoms with Gasteiger partial charge in [-0.15, -0.1) is 6.58 Å². The van der Waals surface area contributed by atoms with Crippen LogP contribution >= 0.6 is 0 Å². The summed E-state index contributed by atoms with van der Waals surface area (Å²) in [6.07, 6.45) is 2.15. The van der Waals surface area contributed by atoms with Crippen LogP contribution in [-0.2, 0) is 15.7 Å². The Bertz CT molecular complexity index is 481. The van der Waals surface area contributed by atoms with Crippen molar-refractivity contribution in [3.8, 4) is 0 Å². The van der Waals surface area contributed by atoms with E-state index in [1.165, 1.54) is 6.07 Å². The second kappa shape index (κ2) is 4.76. The summed E-state index contributed by atoms with van der Waals surface area (Å²) in [7, 11) is -0.532. The molecule has 0 saturated carbocycles. The molecule has 0 radical (unpaired) electrons. The van der Waals surface area contributed by atoms with Gasteiger partial charge >= 0.3 is 7.12 Å². The first-order chi connectivity index (χ1) is 8.78. The van der Waals surface area contributed by atoms with E-state index < -0.39 is 18.3 Å². The first-order valence-electron chi connectivity index (χ1n) is 6.52. The quantitative estimate of drug-likeness (QED) is 0.616. The molecule has 102 valence electrons. The SMILES string of the molecule is C=CCc1c(F)cccc1B1OC(C)(C)C(C)(C)O1. The lowest BCUT2D eigenvalue weighted by atomic mass is 9.75. The van der Waals surface area contributed by atoms with Gasteiger partial charge in [0.2, 0.25) is 0 Å². The fourth-order valence-corrected chi connectivity index (χ4v) is 2.13. The number of allylic oxidation sites excluding steroid dienone is 1. The van der Waals surface area contributed by atoms with Crippen LogP contribution in [0.25, 0.3) is 0 Å². The summed E-state index contributed by atoms with van der Waals surface area (Å²) in [6.45, 7) is 11.6. The van der Waals surface area contributed by atoms with Crippen LogP contribution in [0.4, 0.5) is 4.39 Å². The first-order valence-corrected chi connectivity index (χ1v) is 6.52. The largest absolute Gasteiger partial charge is 0.495 e. The molecule has 0 spiro atoms. The second-order valence-corrected chi connectivity index (χ2v) is 5.89. The summed E-state index contributed by atoms with van der Waals surface area (Å²) in [5, 5.41) is 0. The van der Waals surface area contributed by atoms with Crippen molar-refractivity contribution in [2.75, 3.05) is 0 Å². The van der Waals surface area contributed by atoms with Crippen molar-refractivity contribution in [2.45, 2.75) is 45.3 Å². The lowest BCUT2D eigenvalue weighted by molar-refractivity contribution is 0.00578. The smallest absolute Gasteiger partial charge is 0.399 e. The molecule has 19 heavy (non-hydrogen) atoms. The van der Waals surface area contributed by atoms with Crippen molar-refractivity contribution in [3.63, 3.8) is 0 Å². The molecule has 0 aromatic heterocycles. The van der Waals surface area contributed by atoms with Gasteiger partial charge in [0.15, 0.2) is 0 Å². The highest BCUT2D eigenvalue weighted by atomic mass is 19.1. The van der Waals surface area contributed by atoms with Gasteiger partial charge in [-0.05, 0) is 51.2 Å². The summed E-state index contributed by atoms with van der Waals surface area (Å²) < 4.78 is 25.9. The maximum absolute atomic E-state index is 13.9. The molecule has 4 heteroatoms. The molecule has 0 atom stereocenters. The molecular formula is C15H20BFO2. The van der Waals surface area contributed by atoms with Gasteiger partial charge in [-0.2, -0.15) is 0 Å². The molecule has 0 amide bonds. The van der Waals surface area contributed by atoms with E-state index in [9.17, 15) is 4.39 Å². The number of halogens is 1. The fourth-order valence-electron chi connectivity index (χ4n) is 2.13. The summed E-state index contributed by atoms with van der Waals surface area (Å²) in [4.78, 5) is 0. The average molecular weight is 262 g/mol. The van der Waals surface area contributed by atoms with E-state index in [-0.39, 0.29) is 5.82 Å². The van der Waals surface area contributed by atoms with E-state index >= 15 is 0 Å². The number of benzene rings is 1. The topological polar surface area (TPSA) is 18.5 Å². The molecule has 1 fully saturated rings. The number of rotatable bonds is 3. The van der Waals surface area contributed by atoms with Crippen LogP contribution in [0.1, 0.15) is 33.3 Å². The summed E-state index contributed by atoms with van der Waals surface area (Å²) in [6, 6.07) is 4.99. The molecule has 2 rings (SSSR count). The third-order valence-electron chi connectivity index (χ3n) is 4.01. The van der Waals surface area contributed by atoms with Crippen LogP contribution in [0.5, 0.6) is 0 Å². The monoisotopic (exact) mass is 262 g/mol. The Morgan fingerprint density at radius 1 is 1.21 bits per heavy atom. The predicted molar refractivity (Wildman–Crippen MR) is 76.0 cm³/mol. The molecule has 2 nitrogen and oxygen atoms in total. The van der Waals surface area contributed by atoms with Crippen LogP contribution < -0.4 is 5.46 Å². The van der Waals surface area contributed by atoms with Crippen molar-refractivity contribution in [2.24, 2.45) is 0 Å². The maximum atomic E-state index is 13.9.